The first-order valence-electron chi connectivity index (χ1n) is 12.4. The van der Waals surface area contributed by atoms with Crippen LogP contribution in [-0.2, 0) is 21.4 Å². The minimum absolute atomic E-state index is 0.0212. The minimum Gasteiger partial charge on any atom is -0.497 e. The number of carbonyl (C=O) groups excluding carboxylic acids is 2. The maximum Gasteiger partial charge on any atom is 0.337 e. The van der Waals surface area contributed by atoms with Gasteiger partial charge in [0.25, 0.3) is 0 Å². The number of amides is 1. The summed E-state index contributed by atoms with van der Waals surface area (Å²) in [5.41, 5.74) is 3.71. The highest BCUT2D eigenvalue weighted by Crippen LogP contribution is 2.45. The van der Waals surface area contributed by atoms with E-state index in [0.717, 1.165) is 40.8 Å². The first kappa shape index (κ1) is 24.7. The molecule has 37 heavy (non-hydrogen) atoms. The van der Waals surface area contributed by atoms with Gasteiger partial charge in [0.1, 0.15) is 23.4 Å². The van der Waals surface area contributed by atoms with Crippen LogP contribution in [0.25, 0.3) is 0 Å². The number of ether oxygens (including phenoxy) is 4. The number of carbonyl (C=O) groups is 2. The molecular weight excluding hydrogens is 470 g/mol. The number of rotatable bonds is 6. The van der Waals surface area contributed by atoms with Gasteiger partial charge >= 0.3 is 5.97 Å². The van der Waals surface area contributed by atoms with Crippen molar-refractivity contribution in [2.45, 2.75) is 43.7 Å². The van der Waals surface area contributed by atoms with Gasteiger partial charge in [-0.05, 0) is 72.9 Å². The van der Waals surface area contributed by atoms with E-state index < -0.39 is 11.4 Å². The van der Waals surface area contributed by atoms with Gasteiger partial charge in [0, 0.05) is 18.1 Å². The number of nitrogens with one attached hydrogen (secondary N) is 1. The Morgan fingerprint density at radius 2 is 1.73 bits per heavy atom. The van der Waals surface area contributed by atoms with Crippen LogP contribution in [0.1, 0.15) is 64.5 Å². The normalized spacial score (nSPS) is 21.7. The Morgan fingerprint density at radius 3 is 2.49 bits per heavy atom. The monoisotopic (exact) mass is 501 g/mol. The van der Waals surface area contributed by atoms with Crippen LogP contribution < -0.4 is 19.5 Å². The Morgan fingerprint density at radius 1 is 0.973 bits per heavy atom. The van der Waals surface area contributed by atoms with Crippen LogP contribution in [0.15, 0.2) is 60.7 Å². The van der Waals surface area contributed by atoms with E-state index in [0.29, 0.717) is 23.5 Å². The summed E-state index contributed by atoms with van der Waals surface area (Å²) >= 11 is 0. The molecule has 0 aromatic heterocycles. The van der Waals surface area contributed by atoms with Crippen molar-refractivity contribution < 1.29 is 28.5 Å². The van der Waals surface area contributed by atoms with Gasteiger partial charge in [0.15, 0.2) is 0 Å². The number of hydrogen-bond donors (Lipinski definition) is 1. The summed E-state index contributed by atoms with van der Waals surface area (Å²) in [6.45, 7) is 2.01. The molecule has 0 bridgehead atoms. The second-order valence-electron chi connectivity index (χ2n) is 9.74. The van der Waals surface area contributed by atoms with Gasteiger partial charge in [0.2, 0.25) is 5.91 Å². The summed E-state index contributed by atoms with van der Waals surface area (Å²) in [4.78, 5) is 26.0. The van der Waals surface area contributed by atoms with Crippen LogP contribution in [-0.4, -0.2) is 33.2 Å². The van der Waals surface area contributed by atoms with Gasteiger partial charge in [-0.15, -0.1) is 0 Å². The summed E-state index contributed by atoms with van der Waals surface area (Å²) in [6.07, 6.45) is 1.69. The van der Waals surface area contributed by atoms with Crippen molar-refractivity contribution in [3.63, 3.8) is 0 Å². The quantitative estimate of drug-likeness (QED) is 0.475. The van der Waals surface area contributed by atoms with E-state index in [2.05, 4.69) is 5.32 Å². The van der Waals surface area contributed by atoms with Crippen LogP contribution in [0.4, 0.5) is 0 Å². The molecule has 1 N–H and O–H groups in total. The fourth-order valence-corrected chi connectivity index (χ4v) is 5.41. The highest BCUT2D eigenvalue weighted by Gasteiger charge is 2.43. The van der Waals surface area contributed by atoms with Crippen molar-refractivity contribution in [2.24, 2.45) is 0 Å². The molecule has 192 valence electrons. The Balaban J connectivity index is 1.46. The van der Waals surface area contributed by atoms with Gasteiger partial charge in [-0.1, -0.05) is 18.2 Å². The van der Waals surface area contributed by atoms with E-state index in [9.17, 15) is 9.59 Å². The first-order valence-corrected chi connectivity index (χ1v) is 12.4. The van der Waals surface area contributed by atoms with Crippen molar-refractivity contribution in [2.75, 3.05) is 21.3 Å². The molecule has 3 aromatic rings. The molecule has 3 atom stereocenters. The Labute approximate surface area is 216 Å². The fourth-order valence-electron chi connectivity index (χ4n) is 5.41. The number of fused-ring (bicyclic) bond motifs is 2. The summed E-state index contributed by atoms with van der Waals surface area (Å²) in [5.74, 6) is 1.68. The molecule has 7 heteroatoms. The SMILES string of the molecule is COC(=O)c1cccc([C@H]2C[C@@H](NC(=O)[C@@]3(C)CCc4cc(OC)ccc43)c3ccc(OC)cc3O2)c1. The van der Waals surface area contributed by atoms with Crippen LogP contribution in [0.5, 0.6) is 17.2 Å². The average Bonchev–Trinajstić information content (AvgIpc) is 3.29. The van der Waals surface area contributed by atoms with E-state index >= 15 is 0 Å². The van der Waals surface area contributed by atoms with E-state index in [4.69, 9.17) is 18.9 Å². The van der Waals surface area contributed by atoms with E-state index in [1.54, 1.807) is 26.4 Å². The first-order chi connectivity index (χ1) is 17.9. The van der Waals surface area contributed by atoms with Crippen LogP contribution in [0, 0.1) is 0 Å². The van der Waals surface area contributed by atoms with Gasteiger partial charge in [-0.3, -0.25) is 4.79 Å². The Bertz CT molecular complexity index is 1350. The second kappa shape index (κ2) is 9.81. The number of methoxy groups -OCH3 is 3. The predicted molar refractivity (Wildman–Crippen MR) is 138 cm³/mol. The molecule has 0 fully saturated rings. The van der Waals surface area contributed by atoms with Gasteiger partial charge in [0.05, 0.1) is 38.3 Å². The van der Waals surface area contributed by atoms with E-state index in [-0.39, 0.29) is 18.1 Å². The van der Waals surface area contributed by atoms with Crippen molar-refractivity contribution >= 4 is 11.9 Å². The molecule has 1 aliphatic heterocycles. The number of aryl methyl sites for hydroxylation is 1. The van der Waals surface area contributed by atoms with Crippen molar-refractivity contribution in [3.05, 3.63) is 88.5 Å². The predicted octanol–water partition coefficient (Wildman–Crippen LogP) is 5.08. The van der Waals surface area contributed by atoms with Gasteiger partial charge < -0.3 is 24.3 Å². The third-order valence-electron chi connectivity index (χ3n) is 7.60. The lowest BCUT2D eigenvalue weighted by Crippen LogP contribution is -2.44. The van der Waals surface area contributed by atoms with Crippen LogP contribution >= 0.6 is 0 Å². The molecule has 1 aliphatic carbocycles. The van der Waals surface area contributed by atoms with Crippen molar-refractivity contribution in [1.29, 1.82) is 0 Å². The summed E-state index contributed by atoms with van der Waals surface area (Å²) in [7, 11) is 4.62. The van der Waals surface area contributed by atoms with E-state index in [1.807, 2.05) is 55.5 Å². The third-order valence-corrected chi connectivity index (χ3v) is 7.60. The molecule has 0 saturated heterocycles. The lowest BCUT2D eigenvalue weighted by molar-refractivity contribution is -0.127. The van der Waals surface area contributed by atoms with Crippen molar-refractivity contribution in [1.82, 2.24) is 5.32 Å². The zero-order valence-electron chi connectivity index (χ0n) is 21.5. The van der Waals surface area contributed by atoms with Crippen LogP contribution in [0.2, 0.25) is 0 Å². The largest absolute Gasteiger partial charge is 0.497 e. The highest BCUT2D eigenvalue weighted by atomic mass is 16.5. The highest BCUT2D eigenvalue weighted by molar-refractivity contribution is 5.90. The molecule has 5 rings (SSSR count). The Hall–Kier alpha value is -4.00. The smallest absolute Gasteiger partial charge is 0.337 e. The lowest BCUT2D eigenvalue weighted by Gasteiger charge is -2.35. The zero-order valence-corrected chi connectivity index (χ0v) is 21.5. The Kier molecular flexibility index (Phi) is 6.54. The minimum atomic E-state index is -0.646. The molecule has 0 saturated carbocycles. The maximum atomic E-state index is 13.8. The average molecular weight is 502 g/mol. The molecule has 0 spiro atoms. The third kappa shape index (κ3) is 4.50. The number of esters is 1. The van der Waals surface area contributed by atoms with Crippen LogP contribution in [0.3, 0.4) is 0 Å². The zero-order chi connectivity index (χ0) is 26.2. The molecule has 7 nitrogen and oxygen atoms in total. The molecular formula is C30H31NO6. The summed E-state index contributed by atoms with van der Waals surface area (Å²) in [5, 5.41) is 3.33. The molecule has 1 heterocycles. The van der Waals surface area contributed by atoms with E-state index in [1.165, 1.54) is 7.11 Å². The summed E-state index contributed by atoms with van der Waals surface area (Å²) in [6, 6.07) is 18.5. The lowest BCUT2D eigenvalue weighted by atomic mass is 9.82. The fraction of sp³-hybridized carbons (Fsp3) is 0.333. The van der Waals surface area contributed by atoms with Crippen molar-refractivity contribution in [3.8, 4) is 17.2 Å². The molecule has 0 unspecified atom stereocenters. The molecule has 0 radical (unpaired) electrons. The molecule has 1 amide bonds. The molecule has 2 aliphatic rings. The van der Waals surface area contributed by atoms with Gasteiger partial charge in [-0.25, -0.2) is 4.79 Å². The second-order valence-corrected chi connectivity index (χ2v) is 9.74. The number of benzene rings is 3. The topological polar surface area (TPSA) is 83.1 Å². The standard InChI is InChI=1S/C30H31NO6/c1-30(13-12-18-15-21(34-2)9-11-24(18)30)29(33)31-25-17-26(19-6-5-7-20(14-19)28(32)36-4)37-27-16-22(35-3)8-10-23(25)27/h5-11,14-16,25-26H,12-13,17H2,1-4H3,(H,31,33)/t25-,26-,30+/m1/s1. The maximum absolute atomic E-state index is 13.8. The number of hydrogen-bond acceptors (Lipinski definition) is 6. The summed E-state index contributed by atoms with van der Waals surface area (Å²) < 4.78 is 22.1. The van der Waals surface area contributed by atoms with Gasteiger partial charge in [-0.2, -0.15) is 0 Å². The molecule has 3 aromatic carbocycles.